The maximum absolute atomic E-state index is 12.4. The van der Waals surface area contributed by atoms with Crippen LogP contribution in [0.25, 0.3) is 0 Å². The average molecular weight is 342 g/mol. The molecule has 0 N–H and O–H groups in total. The minimum Gasteiger partial charge on any atom is -0.382 e. The summed E-state index contributed by atoms with van der Waals surface area (Å²) < 4.78 is 27.3. The van der Waals surface area contributed by atoms with Gasteiger partial charge in [0, 0.05) is 17.0 Å². The fraction of sp³-hybridized carbons (Fsp3) is 0.357. The lowest BCUT2D eigenvalue weighted by molar-refractivity contribution is -0.121. The van der Waals surface area contributed by atoms with Crippen LogP contribution in [0.15, 0.2) is 18.2 Å². The third kappa shape index (κ3) is 3.84. The molecule has 1 unspecified atom stereocenters. The van der Waals surface area contributed by atoms with E-state index < -0.39 is 27.6 Å². The summed E-state index contributed by atoms with van der Waals surface area (Å²) in [6.07, 6.45) is 2.15. The normalized spacial score (nSPS) is 15.7. The molecule has 1 aliphatic carbocycles. The first-order valence-electron chi connectivity index (χ1n) is 6.39. The highest BCUT2D eigenvalue weighted by Crippen LogP contribution is 2.34. The number of halogens is 1. The molecule has 1 atom stereocenters. The van der Waals surface area contributed by atoms with Crippen LogP contribution >= 0.6 is 11.6 Å². The number of carbonyl (C=O) groups is 2. The average Bonchev–Trinajstić information content (AvgIpc) is 3.21. The topological polar surface area (TPSA) is 101 Å². The minimum absolute atomic E-state index is 0.157. The Morgan fingerprint density at radius 1 is 1.41 bits per heavy atom. The molecule has 2 rings (SSSR count). The van der Waals surface area contributed by atoms with E-state index in [2.05, 4.69) is 0 Å². The fourth-order valence-corrected chi connectivity index (χ4v) is 2.57. The molecule has 0 heterocycles. The maximum atomic E-state index is 12.4. The molecule has 116 valence electrons. The summed E-state index contributed by atoms with van der Waals surface area (Å²) in [5.41, 5.74) is -0.157. The van der Waals surface area contributed by atoms with Gasteiger partial charge in [0.2, 0.25) is 0 Å². The van der Waals surface area contributed by atoms with Crippen LogP contribution in [0.4, 0.5) is 0 Å². The number of nitrogens with zero attached hydrogens (tertiary/aromatic N) is 1. The van der Waals surface area contributed by atoms with E-state index in [1.807, 2.05) is 0 Å². The van der Waals surface area contributed by atoms with Crippen LogP contribution in [-0.2, 0) is 14.9 Å². The maximum Gasteiger partial charge on any atom is 0.306 e. The number of carbonyl (C=O) groups excluding carboxylic acids is 2. The van der Waals surface area contributed by atoms with Gasteiger partial charge >= 0.3 is 10.1 Å². The zero-order valence-corrected chi connectivity index (χ0v) is 13.1. The second-order valence-corrected chi connectivity index (χ2v) is 7.04. The molecule has 1 saturated carbocycles. The van der Waals surface area contributed by atoms with Crippen molar-refractivity contribution in [1.82, 2.24) is 0 Å². The lowest BCUT2D eigenvalue weighted by Gasteiger charge is -2.11. The van der Waals surface area contributed by atoms with Gasteiger partial charge in [0.25, 0.3) is 0 Å². The number of rotatable bonds is 6. The van der Waals surface area contributed by atoms with Crippen molar-refractivity contribution >= 4 is 33.3 Å². The van der Waals surface area contributed by atoms with Gasteiger partial charge in [0.05, 0.1) is 17.9 Å². The monoisotopic (exact) mass is 341 g/mol. The van der Waals surface area contributed by atoms with Crippen LogP contribution in [0.3, 0.4) is 0 Å². The van der Waals surface area contributed by atoms with Gasteiger partial charge in [-0.2, -0.15) is 13.7 Å². The van der Waals surface area contributed by atoms with Crippen LogP contribution in [0.2, 0.25) is 5.02 Å². The van der Waals surface area contributed by atoms with Crippen molar-refractivity contribution in [2.45, 2.75) is 12.8 Å². The van der Waals surface area contributed by atoms with E-state index in [9.17, 15) is 18.0 Å². The molecule has 0 spiro atoms. The molecule has 6 nitrogen and oxygen atoms in total. The molecule has 0 amide bonds. The number of hydrogen-bond acceptors (Lipinski definition) is 6. The minimum atomic E-state index is -3.89. The van der Waals surface area contributed by atoms with Crippen molar-refractivity contribution in [1.29, 1.82) is 5.26 Å². The molecule has 0 saturated heterocycles. The molecule has 1 aromatic carbocycles. The molecule has 0 aliphatic heterocycles. The van der Waals surface area contributed by atoms with E-state index in [0.717, 1.165) is 12.3 Å². The van der Waals surface area contributed by atoms with Crippen molar-refractivity contribution in [2.24, 2.45) is 11.8 Å². The first-order valence-corrected chi connectivity index (χ1v) is 8.59. The lowest BCUT2D eigenvalue weighted by Crippen LogP contribution is -2.25. The molecule has 0 bridgehead atoms. The first kappa shape index (κ1) is 16.5. The van der Waals surface area contributed by atoms with Crippen molar-refractivity contribution in [3.05, 3.63) is 28.8 Å². The Morgan fingerprint density at radius 3 is 2.55 bits per heavy atom. The van der Waals surface area contributed by atoms with E-state index in [1.165, 1.54) is 12.1 Å². The van der Waals surface area contributed by atoms with Crippen molar-refractivity contribution in [3.8, 4) is 11.8 Å². The summed E-state index contributed by atoms with van der Waals surface area (Å²) in [6, 6.07) is 5.45. The highest BCUT2D eigenvalue weighted by Gasteiger charge is 2.39. The summed E-state index contributed by atoms with van der Waals surface area (Å²) in [5.74, 6) is -3.23. The SMILES string of the molecule is CS(=O)(=O)Oc1cc(Cl)ccc1C(=O)C(C#N)C(=O)C1CC1. The Balaban J connectivity index is 2.40. The first-order chi connectivity index (χ1) is 10.2. The van der Waals surface area contributed by atoms with E-state index >= 15 is 0 Å². The van der Waals surface area contributed by atoms with Crippen molar-refractivity contribution < 1.29 is 22.2 Å². The Hall–Kier alpha value is -1.91. The van der Waals surface area contributed by atoms with Gasteiger partial charge < -0.3 is 4.18 Å². The van der Waals surface area contributed by atoms with Crippen LogP contribution in [0.5, 0.6) is 5.75 Å². The molecular weight excluding hydrogens is 330 g/mol. The van der Waals surface area contributed by atoms with Gasteiger partial charge in [-0.15, -0.1) is 0 Å². The van der Waals surface area contributed by atoms with E-state index in [0.29, 0.717) is 12.8 Å². The number of Topliss-reactive ketones (excluding diaryl/α,β-unsaturated/α-hetero) is 2. The molecule has 8 heteroatoms. The van der Waals surface area contributed by atoms with E-state index in [1.54, 1.807) is 6.07 Å². The van der Waals surface area contributed by atoms with Gasteiger partial charge in [-0.05, 0) is 25.0 Å². The van der Waals surface area contributed by atoms with E-state index in [4.69, 9.17) is 21.0 Å². The summed E-state index contributed by atoms with van der Waals surface area (Å²) >= 11 is 5.77. The number of benzene rings is 1. The largest absolute Gasteiger partial charge is 0.382 e. The Bertz CT molecular complexity index is 777. The lowest BCUT2D eigenvalue weighted by atomic mass is 9.92. The summed E-state index contributed by atoms with van der Waals surface area (Å²) in [5, 5.41) is 9.27. The molecule has 0 aromatic heterocycles. The van der Waals surface area contributed by atoms with Gasteiger partial charge in [-0.3, -0.25) is 9.59 Å². The van der Waals surface area contributed by atoms with Crippen LogP contribution < -0.4 is 4.18 Å². The predicted molar refractivity (Wildman–Crippen MR) is 78.1 cm³/mol. The summed E-state index contributed by atoms with van der Waals surface area (Å²) in [7, 11) is -3.89. The molecule has 0 radical (unpaired) electrons. The summed E-state index contributed by atoms with van der Waals surface area (Å²) in [6.45, 7) is 0. The Kier molecular flexibility index (Phi) is 4.54. The Morgan fingerprint density at radius 2 is 2.05 bits per heavy atom. The smallest absolute Gasteiger partial charge is 0.306 e. The van der Waals surface area contributed by atoms with Crippen molar-refractivity contribution in [2.75, 3.05) is 6.26 Å². The predicted octanol–water partition coefficient (Wildman–Crippen LogP) is 1.98. The van der Waals surface area contributed by atoms with Crippen molar-refractivity contribution in [3.63, 3.8) is 0 Å². The van der Waals surface area contributed by atoms with Gasteiger partial charge in [-0.1, -0.05) is 11.6 Å². The van der Waals surface area contributed by atoms with Gasteiger partial charge in [0.15, 0.2) is 23.2 Å². The Labute approximate surface area is 132 Å². The molecule has 1 fully saturated rings. The quantitative estimate of drug-likeness (QED) is 0.445. The number of hydrogen-bond donors (Lipinski definition) is 0. The highest BCUT2D eigenvalue weighted by atomic mass is 35.5. The number of ketones is 2. The zero-order valence-electron chi connectivity index (χ0n) is 11.6. The second-order valence-electron chi connectivity index (χ2n) is 5.03. The zero-order chi connectivity index (χ0) is 16.5. The third-order valence-corrected chi connectivity index (χ3v) is 3.82. The highest BCUT2D eigenvalue weighted by molar-refractivity contribution is 7.86. The molecule has 1 aromatic rings. The molecule has 22 heavy (non-hydrogen) atoms. The van der Waals surface area contributed by atoms with Crippen LogP contribution in [0, 0.1) is 23.2 Å². The molecular formula is C14H12ClNO5S. The summed E-state index contributed by atoms with van der Waals surface area (Å²) in [4.78, 5) is 24.4. The second kappa shape index (κ2) is 6.07. The standard InChI is InChI=1S/C14H12ClNO5S/c1-22(19,20)21-12-6-9(15)4-5-10(12)14(18)11(7-16)13(17)8-2-3-8/h4-6,8,11H,2-3H2,1H3. The van der Waals surface area contributed by atoms with E-state index in [-0.39, 0.29) is 22.3 Å². The van der Waals surface area contributed by atoms with Gasteiger partial charge in [-0.25, -0.2) is 0 Å². The van der Waals surface area contributed by atoms with Gasteiger partial charge in [0.1, 0.15) is 0 Å². The fourth-order valence-electron chi connectivity index (χ4n) is 1.94. The van der Waals surface area contributed by atoms with Crippen LogP contribution in [0.1, 0.15) is 23.2 Å². The number of nitriles is 1. The van der Waals surface area contributed by atoms with Crippen LogP contribution in [-0.4, -0.2) is 26.2 Å². The molecule has 1 aliphatic rings. The third-order valence-electron chi connectivity index (χ3n) is 3.11.